The van der Waals surface area contributed by atoms with Gasteiger partial charge in [0, 0.05) is 48.9 Å². The van der Waals surface area contributed by atoms with Gasteiger partial charge in [0.2, 0.25) is 0 Å². The van der Waals surface area contributed by atoms with Crippen molar-refractivity contribution in [3.8, 4) is 11.5 Å². The first-order valence-corrected chi connectivity index (χ1v) is 9.02. The number of amides is 1. The van der Waals surface area contributed by atoms with Gasteiger partial charge in [-0.15, -0.1) is 0 Å². The number of methoxy groups -OCH3 is 2. The summed E-state index contributed by atoms with van der Waals surface area (Å²) in [5, 5.41) is 10.7. The van der Waals surface area contributed by atoms with E-state index in [9.17, 15) is 4.79 Å². The van der Waals surface area contributed by atoms with Gasteiger partial charge in [0.15, 0.2) is 5.69 Å². The Morgan fingerprint density at radius 1 is 1.31 bits per heavy atom. The maximum absolute atomic E-state index is 13.2. The average Bonchev–Trinajstić information content (AvgIpc) is 3.34. The van der Waals surface area contributed by atoms with Gasteiger partial charge >= 0.3 is 0 Å². The number of aromatic nitrogens is 2. The number of nitrogens with zero attached hydrogens (tertiary/aromatic N) is 2. The molecule has 0 radical (unpaired) electrons. The second kappa shape index (κ2) is 6.99. The molecule has 0 spiro atoms. The van der Waals surface area contributed by atoms with Crippen LogP contribution in [0.1, 0.15) is 46.2 Å². The Morgan fingerprint density at radius 3 is 3.00 bits per heavy atom. The molecule has 3 heterocycles. The van der Waals surface area contributed by atoms with E-state index >= 15 is 0 Å². The molecule has 1 unspecified atom stereocenters. The van der Waals surface area contributed by atoms with Gasteiger partial charge in [-0.05, 0) is 25.0 Å². The number of carbonyl (C=O) groups is 1. The molecule has 138 valence electrons. The van der Waals surface area contributed by atoms with Gasteiger partial charge in [0.1, 0.15) is 11.5 Å². The number of rotatable bonds is 4. The van der Waals surface area contributed by atoms with E-state index in [0.717, 1.165) is 60.7 Å². The van der Waals surface area contributed by atoms with Crippen LogP contribution in [0.3, 0.4) is 0 Å². The van der Waals surface area contributed by atoms with Gasteiger partial charge in [0.25, 0.3) is 5.91 Å². The van der Waals surface area contributed by atoms with Crippen LogP contribution >= 0.6 is 0 Å². The fourth-order valence-electron chi connectivity index (χ4n) is 3.97. The summed E-state index contributed by atoms with van der Waals surface area (Å²) in [6.45, 7) is 2.34. The highest BCUT2D eigenvalue weighted by Gasteiger charge is 2.35. The van der Waals surface area contributed by atoms with Crippen molar-refractivity contribution in [2.45, 2.75) is 31.8 Å². The highest BCUT2D eigenvalue weighted by Crippen LogP contribution is 2.39. The molecule has 1 aromatic carbocycles. The normalized spacial score (nSPS) is 19.3. The van der Waals surface area contributed by atoms with Crippen molar-refractivity contribution in [3.63, 3.8) is 0 Å². The number of carbonyl (C=O) groups excluding carboxylic acids is 1. The van der Waals surface area contributed by atoms with Gasteiger partial charge in [-0.3, -0.25) is 9.89 Å². The van der Waals surface area contributed by atoms with Gasteiger partial charge in [-0.2, -0.15) is 5.10 Å². The number of hydrogen-bond acceptors (Lipinski definition) is 5. The summed E-state index contributed by atoms with van der Waals surface area (Å²) < 4.78 is 10.8. The second-order valence-electron chi connectivity index (χ2n) is 6.72. The van der Waals surface area contributed by atoms with Crippen LogP contribution < -0.4 is 14.8 Å². The smallest absolute Gasteiger partial charge is 0.275 e. The topological polar surface area (TPSA) is 79.5 Å². The van der Waals surface area contributed by atoms with E-state index in [1.165, 1.54) is 0 Å². The molecule has 1 fully saturated rings. The molecule has 1 aromatic heterocycles. The molecule has 2 aliphatic rings. The monoisotopic (exact) mass is 356 g/mol. The number of likely N-dealkylation sites (tertiary alicyclic amines) is 1. The van der Waals surface area contributed by atoms with Crippen molar-refractivity contribution in [2.24, 2.45) is 0 Å². The third-order valence-corrected chi connectivity index (χ3v) is 5.32. The number of fused-ring (bicyclic) bond motifs is 1. The summed E-state index contributed by atoms with van der Waals surface area (Å²) in [6, 6.07) is 5.78. The van der Waals surface area contributed by atoms with E-state index in [1.54, 1.807) is 14.2 Å². The van der Waals surface area contributed by atoms with Crippen LogP contribution in [-0.4, -0.2) is 48.3 Å². The van der Waals surface area contributed by atoms with Crippen LogP contribution in [-0.2, 0) is 13.0 Å². The number of hydrogen-bond donors (Lipinski definition) is 2. The molecule has 0 bridgehead atoms. The largest absolute Gasteiger partial charge is 0.497 e. The van der Waals surface area contributed by atoms with Crippen LogP contribution in [0.4, 0.5) is 0 Å². The van der Waals surface area contributed by atoms with Crippen LogP contribution in [0.25, 0.3) is 0 Å². The molecule has 2 aliphatic heterocycles. The first-order chi connectivity index (χ1) is 12.7. The molecule has 4 rings (SSSR count). The maximum atomic E-state index is 13.2. The van der Waals surface area contributed by atoms with E-state index in [0.29, 0.717) is 12.2 Å². The molecule has 1 atom stereocenters. The van der Waals surface area contributed by atoms with Crippen LogP contribution in [0.15, 0.2) is 18.2 Å². The average molecular weight is 356 g/mol. The van der Waals surface area contributed by atoms with Crippen molar-refractivity contribution in [1.29, 1.82) is 0 Å². The van der Waals surface area contributed by atoms with E-state index in [2.05, 4.69) is 15.5 Å². The van der Waals surface area contributed by atoms with Gasteiger partial charge in [-0.25, -0.2) is 0 Å². The van der Waals surface area contributed by atoms with Crippen molar-refractivity contribution < 1.29 is 14.3 Å². The van der Waals surface area contributed by atoms with Gasteiger partial charge in [0.05, 0.1) is 20.3 Å². The Morgan fingerprint density at radius 2 is 2.19 bits per heavy atom. The van der Waals surface area contributed by atoms with Crippen molar-refractivity contribution in [3.05, 3.63) is 40.7 Å². The highest BCUT2D eigenvalue weighted by molar-refractivity contribution is 5.94. The maximum Gasteiger partial charge on any atom is 0.275 e. The lowest BCUT2D eigenvalue weighted by Gasteiger charge is -2.26. The quantitative estimate of drug-likeness (QED) is 0.876. The zero-order valence-corrected chi connectivity index (χ0v) is 15.2. The zero-order chi connectivity index (χ0) is 18.1. The lowest BCUT2D eigenvalue weighted by atomic mass is 10.0. The lowest BCUT2D eigenvalue weighted by Crippen LogP contribution is -2.33. The minimum Gasteiger partial charge on any atom is -0.497 e. The molecule has 26 heavy (non-hydrogen) atoms. The summed E-state index contributed by atoms with van der Waals surface area (Å²) in [4.78, 5) is 15.2. The molecule has 2 N–H and O–H groups in total. The number of H-pyrrole nitrogens is 1. The Labute approximate surface area is 152 Å². The molecule has 7 heteroatoms. The molecule has 0 aliphatic carbocycles. The molecular formula is C19H24N4O3. The summed E-state index contributed by atoms with van der Waals surface area (Å²) in [5.41, 5.74) is 3.65. The number of nitrogens with one attached hydrogen (secondary N) is 2. The summed E-state index contributed by atoms with van der Waals surface area (Å²) in [7, 11) is 3.28. The fourth-order valence-corrected chi connectivity index (χ4v) is 3.97. The molecular weight excluding hydrogens is 332 g/mol. The SMILES string of the molecule is COc1ccc(C2CCCN2C(=O)c2n[nH]c3c2CNCC3)c(OC)c1. The standard InChI is InChI=1S/C19H24N4O3/c1-25-12-5-6-13(17(10-12)26-2)16-4-3-9-23(16)19(24)18-14-11-20-8-7-15(14)21-22-18/h5-6,10,16,20H,3-4,7-9,11H2,1-2H3,(H,21,22). The third-order valence-electron chi connectivity index (χ3n) is 5.32. The number of aromatic amines is 1. The van der Waals surface area contributed by atoms with E-state index in [-0.39, 0.29) is 11.9 Å². The van der Waals surface area contributed by atoms with Gasteiger partial charge < -0.3 is 19.7 Å². The molecule has 1 saturated heterocycles. The Kier molecular flexibility index (Phi) is 4.55. The first-order valence-electron chi connectivity index (χ1n) is 9.02. The number of ether oxygens (including phenoxy) is 2. The summed E-state index contributed by atoms with van der Waals surface area (Å²) in [5.74, 6) is 1.49. The van der Waals surface area contributed by atoms with Gasteiger partial charge in [-0.1, -0.05) is 0 Å². The van der Waals surface area contributed by atoms with Crippen LogP contribution in [0.2, 0.25) is 0 Å². The van der Waals surface area contributed by atoms with Crippen molar-refractivity contribution >= 4 is 5.91 Å². The summed E-state index contributed by atoms with van der Waals surface area (Å²) >= 11 is 0. The summed E-state index contributed by atoms with van der Waals surface area (Å²) in [6.07, 6.45) is 2.76. The molecule has 0 saturated carbocycles. The van der Waals surface area contributed by atoms with E-state index < -0.39 is 0 Å². The zero-order valence-electron chi connectivity index (χ0n) is 15.2. The van der Waals surface area contributed by atoms with Crippen LogP contribution in [0.5, 0.6) is 11.5 Å². The lowest BCUT2D eigenvalue weighted by molar-refractivity contribution is 0.0726. The molecule has 2 aromatic rings. The minimum absolute atomic E-state index is 0.00717. The minimum atomic E-state index is -0.00780. The van der Waals surface area contributed by atoms with Crippen molar-refractivity contribution in [1.82, 2.24) is 20.4 Å². The molecule has 7 nitrogen and oxygen atoms in total. The predicted molar refractivity (Wildman–Crippen MR) is 96.6 cm³/mol. The van der Waals surface area contributed by atoms with E-state index in [4.69, 9.17) is 9.47 Å². The number of benzene rings is 1. The Balaban J connectivity index is 1.65. The molecule has 1 amide bonds. The third kappa shape index (κ3) is 2.82. The Bertz CT molecular complexity index is 817. The van der Waals surface area contributed by atoms with Crippen LogP contribution in [0, 0.1) is 0 Å². The fraction of sp³-hybridized carbons (Fsp3) is 0.474. The van der Waals surface area contributed by atoms with Crippen molar-refractivity contribution in [2.75, 3.05) is 27.3 Å². The highest BCUT2D eigenvalue weighted by atomic mass is 16.5. The Hall–Kier alpha value is -2.54. The first kappa shape index (κ1) is 16.9. The van der Waals surface area contributed by atoms with E-state index in [1.807, 2.05) is 23.1 Å². The predicted octanol–water partition coefficient (Wildman–Crippen LogP) is 2.05. The second-order valence-corrected chi connectivity index (χ2v) is 6.72.